The fourth-order valence-electron chi connectivity index (χ4n) is 1.91. The van der Waals surface area contributed by atoms with Crippen molar-refractivity contribution in [2.75, 3.05) is 24.3 Å². The normalized spacial score (nSPS) is 12.8. The Morgan fingerprint density at radius 3 is 2.80 bits per heavy atom. The maximum atomic E-state index is 12.1. The molecular weight excluding hydrogens is 258 g/mol. The number of hydrogen-bond acceptors (Lipinski definition) is 5. The van der Waals surface area contributed by atoms with Gasteiger partial charge in [0.05, 0.1) is 5.56 Å². The van der Waals surface area contributed by atoms with E-state index >= 15 is 0 Å². The zero-order valence-corrected chi connectivity index (χ0v) is 10.6. The number of nitrogens with zero attached hydrogens (tertiary/aromatic N) is 1. The van der Waals surface area contributed by atoms with Crippen molar-refractivity contribution in [3.63, 3.8) is 0 Å². The molecule has 0 fully saturated rings. The number of aromatic nitrogens is 1. The van der Waals surface area contributed by atoms with Gasteiger partial charge in [0.2, 0.25) is 0 Å². The summed E-state index contributed by atoms with van der Waals surface area (Å²) in [6.45, 7) is 1.03. The molecule has 0 aliphatic carbocycles. The van der Waals surface area contributed by atoms with Gasteiger partial charge in [0.1, 0.15) is 13.2 Å². The molecule has 0 bridgehead atoms. The topological polar surface area (TPSA) is 86.5 Å². The van der Waals surface area contributed by atoms with Crippen LogP contribution in [0.25, 0.3) is 0 Å². The largest absolute Gasteiger partial charge is 0.486 e. The van der Waals surface area contributed by atoms with Crippen LogP contribution in [0.2, 0.25) is 0 Å². The van der Waals surface area contributed by atoms with Crippen LogP contribution < -0.4 is 20.5 Å². The third kappa shape index (κ3) is 2.35. The van der Waals surface area contributed by atoms with E-state index in [4.69, 9.17) is 15.2 Å². The lowest BCUT2D eigenvalue weighted by molar-refractivity contribution is 0.102. The van der Waals surface area contributed by atoms with Gasteiger partial charge < -0.3 is 20.5 Å². The molecule has 1 amide bonds. The summed E-state index contributed by atoms with van der Waals surface area (Å²) in [5.74, 6) is 0.982. The van der Waals surface area contributed by atoms with Crippen LogP contribution in [0.3, 0.4) is 0 Å². The molecule has 0 unspecified atom stereocenters. The van der Waals surface area contributed by atoms with E-state index in [9.17, 15) is 4.79 Å². The molecule has 6 nitrogen and oxygen atoms in total. The van der Waals surface area contributed by atoms with Gasteiger partial charge in [-0.1, -0.05) is 0 Å². The molecule has 1 aliphatic rings. The lowest BCUT2D eigenvalue weighted by atomic mass is 10.2. The minimum atomic E-state index is -0.313. The van der Waals surface area contributed by atoms with Gasteiger partial charge in [0, 0.05) is 29.8 Å². The van der Waals surface area contributed by atoms with Crippen molar-refractivity contribution >= 4 is 17.3 Å². The first kappa shape index (κ1) is 12.3. The SMILES string of the molecule is Nc1ccncc1C(=O)Nc1ccc2c(c1)OCCO2. The number of rotatable bonds is 2. The van der Waals surface area contributed by atoms with Crippen molar-refractivity contribution in [2.45, 2.75) is 0 Å². The summed E-state index contributed by atoms with van der Waals surface area (Å²) in [6.07, 6.45) is 2.97. The average Bonchev–Trinajstić information content (AvgIpc) is 2.47. The summed E-state index contributed by atoms with van der Waals surface area (Å²) >= 11 is 0. The third-order valence-electron chi connectivity index (χ3n) is 2.90. The van der Waals surface area contributed by atoms with Crippen molar-refractivity contribution in [2.24, 2.45) is 0 Å². The summed E-state index contributed by atoms with van der Waals surface area (Å²) < 4.78 is 10.9. The molecular formula is C14H13N3O3. The molecule has 102 valence electrons. The molecule has 2 aromatic rings. The zero-order valence-electron chi connectivity index (χ0n) is 10.6. The van der Waals surface area contributed by atoms with Crippen molar-refractivity contribution in [1.82, 2.24) is 4.98 Å². The van der Waals surface area contributed by atoms with E-state index in [0.29, 0.717) is 41.7 Å². The summed E-state index contributed by atoms with van der Waals surface area (Å²) in [7, 11) is 0. The molecule has 0 saturated carbocycles. The van der Waals surface area contributed by atoms with E-state index in [2.05, 4.69) is 10.3 Å². The van der Waals surface area contributed by atoms with E-state index in [1.165, 1.54) is 12.4 Å². The van der Waals surface area contributed by atoms with Crippen LogP contribution in [-0.4, -0.2) is 24.1 Å². The van der Waals surface area contributed by atoms with Crippen LogP contribution in [0.4, 0.5) is 11.4 Å². The van der Waals surface area contributed by atoms with Gasteiger partial charge in [-0.15, -0.1) is 0 Å². The number of pyridine rings is 1. The highest BCUT2D eigenvalue weighted by Gasteiger charge is 2.14. The van der Waals surface area contributed by atoms with Crippen LogP contribution in [0.15, 0.2) is 36.7 Å². The number of ether oxygens (including phenoxy) is 2. The molecule has 0 saturated heterocycles. The molecule has 3 N–H and O–H groups in total. The maximum Gasteiger partial charge on any atom is 0.259 e. The lowest BCUT2D eigenvalue weighted by Gasteiger charge is -2.19. The lowest BCUT2D eigenvalue weighted by Crippen LogP contribution is -2.17. The maximum absolute atomic E-state index is 12.1. The second-order valence-corrected chi connectivity index (χ2v) is 4.28. The van der Waals surface area contributed by atoms with E-state index in [0.717, 1.165) is 0 Å². The molecule has 1 aromatic carbocycles. The molecule has 1 aromatic heterocycles. The highest BCUT2D eigenvalue weighted by atomic mass is 16.6. The summed E-state index contributed by atoms with van der Waals surface area (Å²) in [5.41, 5.74) is 7.07. The number of carbonyl (C=O) groups is 1. The van der Waals surface area contributed by atoms with Crippen molar-refractivity contribution in [3.05, 3.63) is 42.2 Å². The van der Waals surface area contributed by atoms with Crippen LogP contribution in [0, 0.1) is 0 Å². The quantitative estimate of drug-likeness (QED) is 0.868. The number of amides is 1. The molecule has 6 heteroatoms. The highest BCUT2D eigenvalue weighted by molar-refractivity contribution is 6.07. The Kier molecular flexibility index (Phi) is 3.12. The predicted molar refractivity (Wildman–Crippen MR) is 74.0 cm³/mol. The number of nitrogen functional groups attached to an aromatic ring is 1. The van der Waals surface area contributed by atoms with Crippen molar-refractivity contribution < 1.29 is 14.3 Å². The Morgan fingerprint density at radius 1 is 1.20 bits per heavy atom. The first-order valence-electron chi connectivity index (χ1n) is 6.14. The van der Waals surface area contributed by atoms with E-state index < -0.39 is 0 Å². The van der Waals surface area contributed by atoms with Crippen molar-refractivity contribution in [1.29, 1.82) is 0 Å². The number of anilines is 2. The summed E-state index contributed by atoms with van der Waals surface area (Å²) in [4.78, 5) is 16.0. The molecule has 0 spiro atoms. The minimum absolute atomic E-state index is 0.313. The zero-order chi connectivity index (χ0) is 13.9. The molecule has 1 aliphatic heterocycles. The number of fused-ring (bicyclic) bond motifs is 1. The minimum Gasteiger partial charge on any atom is -0.486 e. The van der Waals surface area contributed by atoms with Gasteiger partial charge in [0.25, 0.3) is 5.91 Å². The highest BCUT2D eigenvalue weighted by Crippen LogP contribution is 2.32. The number of benzene rings is 1. The average molecular weight is 271 g/mol. The van der Waals surface area contributed by atoms with Gasteiger partial charge in [-0.25, -0.2) is 0 Å². The Labute approximate surface area is 115 Å². The Bertz CT molecular complexity index is 658. The Hall–Kier alpha value is -2.76. The van der Waals surface area contributed by atoms with Gasteiger partial charge >= 0.3 is 0 Å². The molecule has 3 rings (SSSR count). The van der Waals surface area contributed by atoms with E-state index in [-0.39, 0.29) is 5.91 Å². The number of hydrogen-bond donors (Lipinski definition) is 2. The fraction of sp³-hybridized carbons (Fsp3) is 0.143. The second kappa shape index (κ2) is 5.08. The second-order valence-electron chi connectivity index (χ2n) is 4.28. The van der Waals surface area contributed by atoms with Crippen LogP contribution >= 0.6 is 0 Å². The van der Waals surface area contributed by atoms with Crippen LogP contribution in [0.1, 0.15) is 10.4 Å². The molecule has 2 heterocycles. The number of nitrogens with one attached hydrogen (secondary N) is 1. The Balaban J connectivity index is 1.81. The molecule has 0 atom stereocenters. The van der Waals surface area contributed by atoms with E-state index in [1.807, 2.05) is 0 Å². The first-order valence-corrected chi connectivity index (χ1v) is 6.14. The summed E-state index contributed by atoms with van der Waals surface area (Å²) in [6, 6.07) is 6.81. The van der Waals surface area contributed by atoms with Crippen LogP contribution in [-0.2, 0) is 0 Å². The molecule has 20 heavy (non-hydrogen) atoms. The van der Waals surface area contributed by atoms with Crippen molar-refractivity contribution in [3.8, 4) is 11.5 Å². The summed E-state index contributed by atoms with van der Waals surface area (Å²) in [5, 5.41) is 2.75. The predicted octanol–water partition coefficient (Wildman–Crippen LogP) is 1.69. The standard InChI is InChI=1S/C14H13N3O3/c15-11-3-4-16-8-10(11)14(18)17-9-1-2-12-13(7-9)20-6-5-19-12/h1-4,7-8H,5-6H2,(H2,15,16)(H,17,18). The van der Waals surface area contributed by atoms with Gasteiger partial charge in [-0.05, 0) is 18.2 Å². The number of nitrogens with two attached hydrogens (primary N) is 1. The fourth-order valence-corrected chi connectivity index (χ4v) is 1.91. The van der Waals surface area contributed by atoms with Gasteiger partial charge in [0.15, 0.2) is 11.5 Å². The Morgan fingerprint density at radius 2 is 2.00 bits per heavy atom. The third-order valence-corrected chi connectivity index (χ3v) is 2.90. The van der Waals surface area contributed by atoms with Gasteiger partial charge in [-0.3, -0.25) is 9.78 Å². The first-order chi connectivity index (χ1) is 9.74. The van der Waals surface area contributed by atoms with E-state index in [1.54, 1.807) is 24.3 Å². The van der Waals surface area contributed by atoms with Gasteiger partial charge in [-0.2, -0.15) is 0 Å². The smallest absolute Gasteiger partial charge is 0.259 e. The number of carbonyl (C=O) groups excluding carboxylic acids is 1. The van der Waals surface area contributed by atoms with Crippen LogP contribution in [0.5, 0.6) is 11.5 Å². The monoisotopic (exact) mass is 271 g/mol. The molecule has 0 radical (unpaired) electrons.